The summed E-state index contributed by atoms with van der Waals surface area (Å²) in [5, 5.41) is 2.42. The molecule has 3 rings (SSSR count). The Morgan fingerprint density at radius 2 is 1.81 bits per heavy atom. The van der Waals surface area contributed by atoms with Crippen molar-refractivity contribution in [1.82, 2.24) is 5.32 Å². The molecule has 26 heavy (non-hydrogen) atoms. The fourth-order valence-electron chi connectivity index (χ4n) is 2.64. The number of rotatable bonds is 4. The number of carbonyl (C=O) groups excluding carboxylic acids is 2. The van der Waals surface area contributed by atoms with Gasteiger partial charge in [-0.15, -0.1) is 0 Å². The van der Waals surface area contributed by atoms with Gasteiger partial charge in [0.05, 0.1) is 17.8 Å². The quantitative estimate of drug-likeness (QED) is 0.908. The zero-order valence-electron chi connectivity index (χ0n) is 13.6. The van der Waals surface area contributed by atoms with Crippen LogP contribution in [0.3, 0.4) is 0 Å². The molecule has 2 aromatic carbocycles. The first-order chi connectivity index (χ1) is 12.5. The molecule has 8 heteroatoms. The largest absolute Gasteiger partial charge is 0.489 e. The lowest BCUT2D eigenvalue weighted by atomic mass is 10.2. The van der Waals surface area contributed by atoms with Gasteiger partial charge >= 0.3 is 0 Å². The number of fused-ring (bicyclic) bond motifs is 1. The summed E-state index contributed by atoms with van der Waals surface area (Å²) < 4.78 is 45.0. The molecule has 1 aliphatic heterocycles. The molecule has 0 spiro atoms. The Morgan fingerprint density at radius 1 is 1.08 bits per heavy atom. The third-order valence-corrected chi connectivity index (χ3v) is 3.89. The number of benzene rings is 2. The SMILES string of the molecule is O=C(NCCC(=O)N1CCOc2cc(F)ccc21)c1ccc(F)cc1F. The van der Waals surface area contributed by atoms with Crippen molar-refractivity contribution < 1.29 is 27.5 Å². The maximum atomic E-state index is 13.6. The number of carbonyl (C=O) groups is 2. The third-order valence-electron chi connectivity index (χ3n) is 3.89. The Kier molecular flexibility index (Phi) is 5.11. The molecule has 0 bridgehead atoms. The van der Waals surface area contributed by atoms with Crippen LogP contribution in [0.25, 0.3) is 0 Å². The van der Waals surface area contributed by atoms with Crippen LogP contribution in [0.15, 0.2) is 36.4 Å². The lowest BCUT2D eigenvalue weighted by Crippen LogP contribution is -2.39. The van der Waals surface area contributed by atoms with Crippen molar-refractivity contribution >= 4 is 17.5 Å². The van der Waals surface area contributed by atoms with Crippen molar-refractivity contribution in [1.29, 1.82) is 0 Å². The smallest absolute Gasteiger partial charge is 0.254 e. The lowest BCUT2D eigenvalue weighted by molar-refractivity contribution is -0.118. The second-order valence-electron chi connectivity index (χ2n) is 5.64. The van der Waals surface area contributed by atoms with E-state index in [2.05, 4.69) is 5.32 Å². The van der Waals surface area contributed by atoms with E-state index in [1.807, 2.05) is 0 Å². The molecule has 5 nitrogen and oxygen atoms in total. The van der Waals surface area contributed by atoms with Crippen molar-refractivity contribution in [2.24, 2.45) is 0 Å². The average Bonchev–Trinajstić information content (AvgIpc) is 2.60. The lowest BCUT2D eigenvalue weighted by Gasteiger charge is -2.29. The Balaban J connectivity index is 1.59. The summed E-state index contributed by atoms with van der Waals surface area (Å²) >= 11 is 0. The van der Waals surface area contributed by atoms with E-state index in [4.69, 9.17) is 4.74 Å². The minimum atomic E-state index is -0.974. The number of amides is 2. The second-order valence-corrected chi connectivity index (χ2v) is 5.64. The summed E-state index contributed by atoms with van der Waals surface area (Å²) in [6.45, 7) is 0.510. The van der Waals surface area contributed by atoms with E-state index < -0.39 is 23.4 Å². The maximum absolute atomic E-state index is 13.6. The van der Waals surface area contributed by atoms with E-state index in [-0.39, 0.29) is 36.8 Å². The van der Waals surface area contributed by atoms with Crippen molar-refractivity contribution in [2.75, 3.05) is 24.6 Å². The van der Waals surface area contributed by atoms with Crippen LogP contribution in [0, 0.1) is 17.5 Å². The second kappa shape index (κ2) is 7.47. The highest BCUT2D eigenvalue weighted by Crippen LogP contribution is 2.32. The number of hydrogen-bond acceptors (Lipinski definition) is 3. The first-order valence-corrected chi connectivity index (χ1v) is 7.91. The van der Waals surface area contributed by atoms with E-state index in [1.54, 1.807) is 0 Å². The molecule has 1 N–H and O–H groups in total. The molecular formula is C18H15F3N2O3. The van der Waals surface area contributed by atoms with Gasteiger partial charge in [0.25, 0.3) is 5.91 Å². The molecule has 1 heterocycles. The molecule has 0 unspecified atom stereocenters. The fourth-order valence-corrected chi connectivity index (χ4v) is 2.64. The molecule has 0 aromatic heterocycles. The van der Waals surface area contributed by atoms with Crippen molar-refractivity contribution in [3.63, 3.8) is 0 Å². The minimum Gasteiger partial charge on any atom is -0.489 e. The average molecular weight is 364 g/mol. The van der Waals surface area contributed by atoms with Crippen molar-refractivity contribution in [3.8, 4) is 5.75 Å². The Morgan fingerprint density at radius 3 is 2.58 bits per heavy atom. The first kappa shape index (κ1) is 17.8. The number of nitrogens with zero attached hydrogens (tertiary/aromatic N) is 1. The summed E-state index contributed by atoms with van der Waals surface area (Å²) in [5.41, 5.74) is 0.157. The van der Waals surface area contributed by atoms with Crippen LogP contribution in [0.5, 0.6) is 5.75 Å². The zero-order valence-corrected chi connectivity index (χ0v) is 13.6. The summed E-state index contributed by atoms with van der Waals surface area (Å²) in [6.07, 6.45) is -0.0363. The fraction of sp³-hybridized carbons (Fsp3) is 0.222. The third kappa shape index (κ3) is 3.79. The zero-order chi connectivity index (χ0) is 18.7. The number of nitrogens with one attached hydrogen (secondary N) is 1. The summed E-state index contributed by atoms with van der Waals surface area (Å²) in [6, 6.07) is 6.51. The van der Waals surface area contributed by atoms with E-state index in [9.17, 15) is 22.8 Å². The minimum absolute atomic E-state index is 0.0254. The van der Waals surface area contributed by atoms with Crippen LogP contribution < -0.4 is 15.0 Å². The number of hydrogen-bond donors (Lipinski definition) is 1. The monoisotopic (exact) mass is 364 g/mol. The van der Waals surface area contributed by atoms with Gasteiger partial charge in [-0.25, -0.2) is 13.2 Å². The molecule has 2 aromatic rings. The topological polar surface area (TPSA) is 58.6 Å². The molecule has 0 radical (unpaired) electrons. The molecule has 0 saturated carbocycles. The van der Waals surface area contributed by atoms with Gasteiger partial charge in [0.15, 0.2) is 0 Å². The molecule has 136 valence electrons. The highest BCUT2D eigenvalue weighted by Gasteiger charge is 2.24. The Labute approximate surface area is 147 Å². The van der Waals surface area contributed by atoms with Crippen LogP contribution in [0.4, 0.5) is 18.9 Å². The van der Waals surface area contributed by atoms with E-state index in [1.165, 1.54) is 23.1 Å². The molecular weight excluding hydrogens is 349 g/mol. The molecule has 0 atom stereocenters. The van der Waals surface area contributed by atoms with Gasteiger partial charge in [0.1, 0.15) is 29.8 Å². The van der Waals surface area contributed by atoms with E-state index >= 15 is 0 Å². The standard InChI is InChI=1S/C18H15F3N2O3/c19-11-1-3-13(14(21)9-11)18(25)22-6-5-17(24)23-7-8-26-16-10-12(20)2-4-15(16)23/h1-4,9-10H,5-8H2,(H,22,25). The van der Waals surface area contributed by atoms with Crippen molar-refractivity contribution in [3.05, 3.63) is 59.4 Å². The van der Waals surface area contributed by atoms with Gasteiger partial charge < -0.3 is 15.0 Å². The highest BCUT2D eigenvalue weighted by molar-refractivity contribution is 5.97. The summed E-state index contributed by atoms with van der Waals surface area (Å²) in [4.78, 5) is 25.7. The van der Waals surface area contributed by atoms with Crippen LogP contribution in [0.2, 0.25) is 0 Å². The predicted octanol–water partition coefficient (Wildman–Crippen LogP) is 2.65. The summed E-state index contributed by atoms with van der Waals surface area (Å²) in [5.74, 6) is -2.97. The Bertz CT molecular complexity index is 858. The molecule has 0 aliphatic carbocycles. The molecule has 1 aliphatic rings. The number of anilines is 1. The highest BCUT2D eigenvalue weighted by atomic mass is 19.1. The predicted molar refractivity (Wildman–Crippen MR) is 87.6 cm³/mol. The van der Waals surface area contributed by atoms with Gasteiger partial charge in [-0.05, 0) is 24.3 Å². The van der Waals surface area contributed by atoms with Crippen molar-refractivity contribution in [2.45, 2.75) is 6.42 Å². The Hall–Kier alpha value is -3.03. The van der Waals surface area contributed by atoms with Gasteiger partial charge in [-0.2, -0.15) is 0 Å². The first-order valence-electron chi connectivity index (χ1n) is 7.91. The molecule has 0 saturated heterocycles. The van der Waals surface area contributed by atoms with Crippen LogP contribution >= 0.6 is 0 Å². The van der Waals surface area contributed by atoms with Gasteiger partial charge in [-0.1, -0.05) is 0 Å². The number of halogens is 3. The van der Waals surface area contributed by atoms with Crippen LogP contribution in [-0.4, -0.2) is 31.5 Å². The molecule has 0 fully saturated rings. The maximum Gasteiger partial charge on any atom is 0.254 e. The van der Waals surface area contributed by atoms with Gasteiger partial charge in [0.2, 0.25) is 5.91 Å². The number of ether oxygens (including phenoxy) is 1. The van der Waals surface area contributed by atoms with Gasteiger partial charge in [0, 0.05) is 25.1 Å². The molecule has 2 amide bonds. The van der Waals surface area contributed by atoms with Crippen LogP contribution in [0.1, 0.15) is 16.8 Å². The van der Waals surface area contributed by atoms with Gasteiger partial charge in [-0.3, -0.25) is 9.59 Å². The van der Waals surface area contributed by atoms with E-state index in [0.29, 0.717) is 18.3 Å². The van der Waals surface area contributed by atoms with Crippen LogP contribution in [-0.2, 0) is 4.79 Å². The summed E-state index contributed by atoms with van der Waals surface area (Å²) in [7, 11) is 0. The van der Waals surface area contributed by atoms with E-state index in [0.717, 1.165) is 12.1 Å². The normalized spacial score (nSPS) is 13.0.